The monoisotopic (exact) mass is 275 g/mol. The number of aryl methyl sites for hydroxylation is 1. The number of ether oxygens (including phenoxy) is 1. The van der Waals surface area contributed by atoms with Gasteiger partial charge >= 0.3 is 0 Å². The van der Waals surface area contributed by atoms with E-state index in [2.05, 4.69) is 22.2 Å². The highest BCUT2D eigenvalue weighted by atomic mass is 16.5. The van der Waals surface area contributed by atoms with Crippen molar-refractivity contribution in [3.8, 4) is 5.75 Å². The SMILES string of the molecule is CCCn1ncnc1COc1ccccc1C(N)=NO. The minimum Gasteiger partial charge on any atom is -0.485 e. The lowest BCUT2D eigenvalue weighted by Crippen LogP contribution is -2.15. The van der Waals surface area contributed by atoms with Crippen LogP contribution in [0.3, 0.4) is 0 Å². The third-order valence-electron chi connectivity index (χ3n) is 2.76. The van der Waals surface area contributed by atoms with Crippen molar-refractivity contribution in [3.05, 3.63) is 42.0 Å². The quantitative estimate of drug-likeness (QED) is 0.359. The van der Waals surface area contributed by atoms with Gasteiger partial charge in [0.1, 0.15) is 18.7 Å². The zero-order valence-electron chi connectivity index (χ0n) is 11.2. The molecule has 2 rings (SSSR count). The molecule has 3 N–H and O–H groups in total. The first-order valence-corrected chi connectivity index (χ1v) is 6.32. The molecule has 0 unspecified atom stereocenters. The average molecular weight is 275 g/mol. The number of aromatic nitrogens is 3. The number of amidine groups is 1. The van der Waals surface area contributed by atoms with Gasteiger partial charge in [-0.25, -0.2) is 9.67 Å². The van der Waals surface area contributed by atoms with Gasteiger partial charge in [0.25, 0.3) is 0 Å². The van der Waals surface area contributed by atoms with Gasteiger partial charge < -0.3 is 15.7 Å². The van der Waals surface area contributed by atoms with Crippen LogP contribution in [0.1, 0.15) is 24.7 Å². The van der Waals surface area contributed by atoms with Crippen LogP contribution >= 0.6 is 0 Å². The summed E-state index contributed by atoms with van der Waals surface area (Å²) in [7, 11) is 0. The number of rotatable bonds is 6. The second-order valence-electron chi connectivity index (χ2n) is 4.17. The van der Waals surface area contributed by atoms with E-state index in [0.717, 1.165) is 18.8 Å². The summed E-state index contributed by atoms with van der Waals surface area (Å²) in [6, 6.07) is 7.09. The second-order valence-corrected chi connectivity index (χ2v) is 4.17. The van der Waals surface area contributed by atoms with Gasteiger partial charge in [-0.2, -0.15) is 5.10 Å². The molecule has 0 fully saturated rings. The second kappa shape index (κ2) is 6.55. The number of hydrogen-bond donors (Lipinski definition) is 2. The molecular formula is C13H17N5O2. The van der Waals surface area contributed by atoms with Crippen LogP contribution < -0.4 is 10.5 Å². The van der Waals surface area contributed by atoms with Gasteiger partial charge in [-0.15, -0.1) is 0 Å². The van der Waals surface area contributed by atoms with Gasteiger partial charge in [-0.1, -0.05) is 24.2 Å². The molecule has 1 aromatic carbocycles. The minimum atomic E-state index is 0.00984. The maximum absolute atomic E-state index is 8.76. The standard InChI is InChI=1S/C13H17N5O2/c1-2-7-18-12(15-9-16-18)8-20-11-6-4-3-5-10(11)13(14)17-19/h3-6,9,19H,2,7-8H2,1H3,(H2,14,17). The Bertz CT molecular complexity index is 594. The number of benzene rings is 1. The summed E-state index contributed by atoms with van der Waals surface area (Å²) in [5.74, 6) is 1.28. The average Bonchev–Trinajstić information content (AvgIpc) is 2.92. The Morgan fingerprint density at radius 3 is 3.00 bits per heavy atom. The summed E-state index contributed by atoms with van der Waals surface area (Å²) in [6.07, 6.45) is 2.47. The van der Waals surface area contributed by atoms with Gasteiger partial charge in [0.15, 0.2) is 11.7 Å². The molecule has 1 aromatic heterocycles. The first-order chi connectivity index (χ1) is 9.76. The predicted octanol–water partition coefficient (Wildman–Crippen LogP) is 1.36. The van der Waals surface area contributed by atoms with E-state index in [9.17, 15) is 0 Å². The zero-order chi connectivity index (χ0) is 14.4. The Hall–Kier alpha value is -2.57. The summed E-state index contributed by atoms with van der Waals surface area (Å²) in [4.78, 5) is 4.16. The van der Waals surface area contributed by atoms with E-state index in [1.807, 2.05) is 6.07 Å². The Morgan fingerprint density at radius 2 is 2.25 bits per heavy atom. The number of para-hydroxylation sites is 1. The number of nitrogens with zero attached hydrogens (tertiary/aromatic N) is 4. The molecule has 0 amide bonds. The van der Waals surface area contributed by atoms with Crippen molar-refractivity contribution in [1.82, 2.24) is 14.8 Å². The molecule has 20 heavy (non-hydrogen) atoms. The number of nitrogens with two attached hydrogens (primary N) is 1. The smallest absolute Gasteiger partial charge is 0.173 e. The van der Waals surface area contributed by atoms with Gasteiger partial charge in [-0.05, 0) is 18.6 Å². The van der Waals surface area contributed by atoms with E-state index >= 15 is 0 Å². The van der Waals surface area contributed by atoms with Gasteiger partial charge in [0.05, 0.1) is 5.56 Å². The van der Waals surface area contributed by atoms with E-state index in [1.54, 1.807) is 22.9 Å². The lowest BCUT2D eigenvalue weighted by Gasteiger charge is -2.10. The fourth-order valence-corrected chi connectivity index (χ4v) is 1.80. The molecule has 7 heteroatoms. The summed E-state index contributed by atoms with van der Waals surface area (Å²) >= 11 is 0. The zero-order valence-corrected chi connectivity index (χ0v) is 11.2. The molecule has 0 aliphatic rings. The van der Waals surface area contributed by atoms with Crippen LogP contribution in [0, 0.1) is 0 Å². The van der Waals surface area contributed by atoms with Crippen molar-refractivity contribution in [1.29, 1.82) is 0 Å². The van der Waals surface area contributed by atoms with Crippen LogP contribution in [0.5, 0.6) is 5.75 Å². The highest BCUT2D eigenvalue weighted by Gasteiger charge is 2.10. The van der Waals surface area contributed by atoms with Crippen molar-refractivity contribution in [3.63, 3.8) is 0 Å². The molecule has 1 heterocycles. The lowest BCUT2D eigenvalue weighted by molar-refractivity contribution is 0.284. The van der Waals surface area contributed by atoms with Crippen LogP contribution in [0.15, 0.2) is 35.7 Å². The maximum Gasteiger partial charge on any atom is 0.173 e. The predicted molar refractivity (Wildman–Crippen MR) is 73.6 cm³/mol. The van der Waals surface area contributed by atoms with Crippen LogP contribution in [0.25, 0.3) is 0 Å². The molecule has 0 bridgehead atoms. The van der Waals surface area contributed by atoms with Crippen LogP contribution in [0.2, 0.25) is 0 Å². The fourth-order valence-electron chi connectivity index (χ4n) is 1.80. The Morgan fingerprint density at radius 1 is 1.45 bits per heavy atom. The molecule has 0 aliphatic carbocycles. The maximum atomic E-state index is 8.76. The van der Waals surface area contributed by atoms with E-state index in [0.29, 0.717) is 11.3 Å². The topological polar surface area (TPSA) is 98.5 Å². The minimum absolute atomic E-state index is 0.00984. The number of hydrogen-bond acceptors (Lipinski definition) is 5. The van der Waals surface area contributed by atoms with Crippen molar-refractivity contribution < 1.29 is 9.94 Å². The molecule has 106 valence electrons. The van der Waals surface area contributed by atoms with E-state index in [1.165, 1.54) is 6.33 Å². The highest BCUT2D eigenvalue weighted by molar-refractivity contribution is 5.99. The van der Waals surface area contributed by atoms with Crippen molar-refractivity contribution in [2.24, 2.45) is 10.9 Å². The third kappa shape index (κ3) is 3.05. The molecular weight excluding hydrogens is 258 g/mol. The third-order valence-corrected chi connectivity index (χ3v) is 2.76. The van der Waals surface area contributed by atoms with Crippen molar-refractivity contribution >= 4 is 5.84 Å². The normalized spacial score (nSPS) is 11.6. The fraction of sp³-hybridized carbons (Fsp3) is 0.308. The van der Waals surface area contributed by atoms with E-state index in [4.69, 9.17) is 15.7 Å². The molecule has 0 aliphatic heterocycles. The first kappa shape index (κ1) is 13.9. The van der Waals surface area contributed by atoms with Crippen LogP contribution in [-0.2, 0) is 13.2 Å². The molecule has 0 saturated carbocycles. The summed E-state index contributed by atoms with van der Waals surface area (Å²) in [6.45, 7) is 3.14. The van der Waals surface area contributed by atoms with Gasteiger partial charge in [0.2, 0.25) is 0 Å². The summed E-state index contributed by atoms with van der Waals surface area (Å²) < 4.78 is 7.49. The van der Waals surface area contributed by atoms with Crippen LogP contribution in [0.4, 0.5) is 0 Å². The van der Waals surface area contributed by atoms with Gasteiger partial charge in [-0.3, -0.25) is 0 Å². The Kier molecular flexibility index (Phi) is 4.54. The highest BCUT2D eigenvalue weighted by Crippen LogP contribution is 2.18. The molecule has 0 radical (unpaired) electrons. The Labute approximate surface area is 116 Å². The summed E-state index contributed by atoms with van der Waals surface area (Å²) in [5, 5.41) is 15.9. The van der Waals surface area contributed by atoms with Crippen molar-refractivity contribution in [2.75, 3.05) is 0 Å². The van der Waals surface area contributed by atoms with E-state index < -0.39 is 0 Å². The molecule has 0 atom stereocenters. The van der Waals surface area contributed by atoms with Gasteiger partial charge in [0, 0.05) is 6.54 Å². The summed E-state index contributed by atoms with van der Waals surface area (Å²) in [5.41, 5.74) is 6.15. The number of oxime groups is 1. The first-order valence-electron chi connectivity index (χ1n) is 6.32. The lowest BCUT2D eigenvalue weighted by atomic mass is 10.2. The largest absolute Gasteiger partial charge is 0.485 e. The molecule has 0 saturated heterocycles. The molecule has 0 spiro atoms. The van der Waals surface area contributed by atoms with Crippen molar-refractivity contribution in [2.45, 2.75) is 26.5 Å². The Balaban J connectivity index is 2.13. The molecule has 7 nitrogen and oxygen atoms in total. The van der Waals surface area contributed by atoms with Crippen LogP contribution in [-0.4, -0.2) is 25.8 Å². The van der Waals surface area contributed by atoms with E-state index in [-0.39, 0.29) is 12.4 Å². The molecule has 2 aromatic rings.